The van der Waals surface area contributed by atoms with E-state index in [1.54, 1.807) is 16.8 Å². The molecule has 0 saturated heterocycles. The van der Waals surface area contributed by atoms with Gasteiger partial charge in [0.2, 0.25) is 0 Å². The fraction of sp³-hybridized carbons (Fsp3) is 0.250. The second-order valence-electron chi connectivity index (χ2n) is 7.64. The topological polar surface area (TPSA) is 92.2 Å². The Hall–Kier alpha value is -3.74. The molecule has 0 spiro atoms. The monoisotopic (exact) mass is 415 g/mol. The van der Waals surface area contributed by atoms with E-state index < -0.39 is 0 Å². The lowest BCUT2D eigenvalue weighted by Gasteiger charge is -2.14. The van der Waals surface area contributed by atoms with E-state index in [0.717, 1.165) is 17.5 Å². The minimum atomic E-state index is -0.360. The molecular weight excluding hydrogens is 390 g/mol. The molecule has 4 rings (SSSR count). The summed E-state index contributed by atoms with van der Waals surface area (Å²) in [6.45, 7) is 4.84. The highest BCUT2D eigenvalue weighted by Crippen LogP contribution is 2.12. The molecule has 0 aliphatic heterocycles. The van der Waals surface area contributed by atoms with Gasteiger partial charge >= 0.3 is 0 Å². The zero-order valence-electron chi connectivity index (χ0n) is 17.7. The van der Waals surface area contributed by atoms with E-state index in [4.69, 9.17) is 5.41 Å². The molecule has 0 aliphatic rings. The number of carbonyl (C=O) groups is 1. The first-order chi connectivity index (χ1) is 15.0. The molecule has 0 atom stereocenters. The minimum Gasteiger partial charge on any atom is -0.352 e. The van der Waals surface area contributed by atoms with Crippen molar-refractivity contribution in [3.63, 3.8) is 0 Å². The number of amides is 1. The molecule has 31 heavy (non-hydrogen) atoms. The van der Waals surface area contributed by atoms with Crippen LogP contribution < -0.4 is 16.4 Å². The normalized spacial score (nSPS) is 11.2. The highest BCUT2D eigenvalue weighted by Gasteiger charge is 2.17. The number of pyridine rings is 2. The predicted octanol–water partition coefficient (Wildman–Crippen LogP) is 2.82. The van der Waals surface area contributed by atoms with Crippen LogP contribution in [0.2, 0.25) is 0 Å². The zero-order valence-corrected chi connectivity index (χ0v) is 17.7. The number of nitrogens with one attached hydrogen (secondary N) is 2. The third kappa shape index (κ3) is 3.99. The van der Waals surface area contributed by atoms with Gasteiger partial charge in [-0.25, -0.2) is 4.98 Å². The van der Waals surface area contributed by atoms with E-state index in [0.29, 0.717) is 36.2 Å². The van der Waals surface area contributed by atoms with Crippen LogP contribution in [0, 0.1) is 12.3 Å². The number of aryl methyl sites for hydroxylation is 2. The maximum absolute atomic E-state index is 13.2. The highest BCUT2D eigenvalue weighted by atomic mass is 16.1. The van der Waals surface area contributed by atoms with E-state index in [9.17, 15) is 9.59 Å². The lowest BCUT2D eigenvalue weighted by Crippen LogP contribution is -2.35. The van der Waals surface area contributed by atoms with Gasteiger partial charge in [0.05, 0.1) is 10.9 Å². The molecular formula is C24H25N5O2. The fourth-order valence-corrected chi connectivity index (χ4v) is 3.72. The molecule has 3 heterocycles. The molecule has 1 aromatic carbocycles. The molecule has 0 radical (unpaired) electrons. The molecule has 3 aromatic heterocycles. The van der Waals surface area contributed by atoms with Crippen LogP contribution >= 0.6 is 0 Å². The van der Waals surface area contributed by atoms with E-state index >= 15 is 0 Å². The third-order valence-corrected chi connectivity index (χ3v) is 5.29. The van der Waals surface area contributed by atoms with Crippen molar-refractivity contribution >= 4 is 22.6 Å². The van der Waals surface area contributed by atoms with Crippen molar-refractivity contribution in [3.05, 3.63) is 87.3 Å². The molecule has 0 saturated carbocycles. The van der Waals surface area contributed by atoms with Crippen LogP contribution in [0.25, 0.3) is 16.7 Å². The highest BCUT2D eigenvalue weighted by molar-refractivity contribution is 5.96. The van der Waals surface area contributed by atoms with Gasteiger partial charge in [0.15, 0.2) is 0 Å². The third-order valence-electron chi connectivity index (χ3n) is 5.29. The largest absolute Gasteiger partial charge is 0.352 e. The Bertz CT molecular complexity index is 1390. The zero-order chi connectivity index (χ0) is 22.0. The summed E-state index contributed by atoms with van der Waals surface area (Å²) >= 11 is 0. The van der Waals surface area contributed by atoms with Crippen LogP contribution in [-0.4, -0.2) is 26.4 Å². The summed E-state index contributed by atoms with van der Waals surface area (Å²) in [5.41, 5.74) is 3.02. The standard InChI is InChI=1S/C24H25N5O2/c1-3-13-28-21(25)18(23(30)26-12-11-17-7-5-4-6-8-17)14-19-22(28)27-20-10-9-16(2)15-29(20)24(19)31/h4-10,14-15,25H,3,11-13H2,1-2H3,(H,26,30). The molecule has 0 bridgehead atoms. The minimum absolute atomic E-state index is 0.0647. The van der Waals surface area contributed by atoms with Crippen LogP contribution in [0.1, 0.15) is 34.8 Å². The Morgan fingerprint density at radius 3 is 2.68 bits per heavy atom. The quantitative estimate of drug-likeness (QED) is 0.474. The number of hydrogen-bond acceptors (Lipinski definition) is 4. The van der Waals surface area contributed by atoms with Gasteiger partial charge in [-0.3, -0.25) is 19.4 Å². The van der Waals surface area contributed by atoms with Crippen LogP contribution in [0.3, 0.4) is 0 Å². The number of benzene rings is 1. The van der Waals surface area contributed by atoms with Gasteiger partial charge < -0.3 is 9.88 Å². The molecule has 0 fully saturated rings. The first-order valence-electron chi connectivity index (χ1n) is 10.4. The van der Waals surface area contributed by atoms with Crippen LogP contribution in [-0.2, 0) is 13.0 Å². The van der Waals surface area contributed by atoms with E-state index in [-0.39, 0.29) is 22.5 Å². The first kappa shape index (κ1) is 20.5. The summed E-state index contributed by atoms with van der Waals surface area (Å²) in [5, 5.41) is 11.8. The maximum atomic E-state index is 13.2. The van der Waals surface area contributed by atoms with Gasteiger partial charge in [0.1, 0.15) is 16.8 Å². The van der Waals surface area contributed by atoms with Gasteiger partial charge in [-0.1, -0.05) is 43.3 Å². The first-order valence-corrected chi connectivity index (χ1v) is 10.4. The van der Waals surface area contributed by atoms with Crippen LogP contribution in [0.5, 0.6) is 0 Å². The van der Waals surface area contributed by atoms with Crippen LogP contribution in [0.15, 0.2) is 59.5 Å². The fourth-order valence-electron chi connectivity index (χ4n) is 3.72. The Morgan fingerprint density at radius 1 is 1.16 bits per heavy atom. The van der Waals surface area contributed by atoms with Crippen molar-refractivity contribution < 1.29 is 4.79 Å². The van der Waals surface area contributed by atoms with E-state index in [2.05, 4.69) is 10.3 Å². The van der Waals surface area contributed by atoms with Crippen molar-refractivity contribution in [2.45, 2.75) is 33.2 Å². The molecule has 1 amide bonds. The Balaban J connectivity index is 1.77. The summed E-state index contributed by atoms with van der Waals surface area (Å²) < 4.78 is 3.15. The molecule has 158 valence electrons. The summed E-state index contributed by atoms with van der Waals surface area (Å²) in [7, 11) is 0. The summed E-state index contributed by atoms with van der Waals surface area (Å²) in [6.07, 6.45) is 3.18. The van der Waals surface area contributed by atoms with E-state index in [1.165, 1.54) is 10.5 Å². The molecule has 7 heteroatoms. The molecule has 2 N–H and O–H groups in total. The molecule has 7 nitrogen and oxygen atoms in total. The second-order valence-corrected chi connectivity index (χ2v) is 7.64. The van der Waals surface area contributed by atoms with Crippen molar-refractivity contribution in [2.75, 3.05) is 6.54 Å². The van der Waals surface area contributed by atoms with Crippen molar-refractivity contribution in [3.8, 4) is 0 Å². The number of fused-ring (bicyclic) bond motifs is 2. The summed E-state index contributed by atoms with van der Waals surface area (Å²) in [4.78, 5) is 30.7. The number of carbonyl (C=O) groups excluding carboxylic acids is 1. The van der Waals surface area contributed by atoms with E-state index in [1.807, 2.05) is 50.2 Å². The van der Waals surface area contributed by atoms with Gasteiger partial charge in [-0.15, -0.1) is 0 Å². The summed E-state index contributed by atoms with van der Waals surface area (Å²) in [6, 6.07) is 15.1. The molecule has 0 unspecified atom stereocenters. The average molecular weight is 415 g/mol. The Kier molecular flexibility index (Phi) is 5.66. The molecule has 4 aromatic rings. The predicted molar refractivity (Wildman–Crippen MR) is 120 cm³/mol. The Morgan fingerprint density at radius 2 is 1.94 bits per heavy atom. The van der Waals surface area contributed by atoms with Crippen molar-refractivity contribution in [1.29, 1.82) is 5.41 Å². The number of rotatable bonds is 6. The lowest BCUT2D eigenvalue weighted by atomic mass is 10.1. The number of nitrogens with zero attached hydrogens (tertiary/aromatic N) is 3. The van der Waals surface area contributed by atoms with Crippen molar-refractivity contribution in [1.82, 2.24) is 19.3 Å². The smallest absolute Gasteiger partial charge is 0.267 e. The Labute approximate surface area is 179 Å². The van der Waals surface area contributed by atoms with Gasteiger partial charge in [-0.05, 0) is 43.0 Å². The van der Waals surface area contributed by atoms with Crippen molar-refractivity contribution in [2.24, 2.45) is 0 Å². The van der Waals surface area contributed by atoms with Gasteiger partial charge in [0.25, 0.3) is 11.5 Å². The second kappa shape index (κ2) is 8.55. The van der Waals surface area contributed by atoms with Gasteiger partial charge in [0, 0.05) is 19.3 Å². The molecule has 0 aliphatic carbocycles. The number of hydrogen-bond donors (Lipinski definition) is 2. The SMILES string of the molecule is CCCn1c(=N)c(C(=O)NCCc2ccccc2)cc2c(=O)n3cc(C)ccc3nc21. The lowest BCUT2D eigenvalue weighted by molar-refractivity contribution is 0.0951. The number of aromatic nitrogens is 3. The van der Waals surface area contributed by atoms with Gasteiger partial charge in [-0.2, -0.15) is 0 Å². The van der Waals surface area contributed by atoms with Crippen LogP contribution in [0.4, 0.5) is 0 Å². The maximum Gasteiger partial charge on any atom is 0.267 e. The average Bonchev–Trinajstić information content (AvgIpc) is 2.77. The summed E-state index contributed by atoms with van der Waals surface area (Å²) in [5.74, 6) is -0.360.